The molecule has 0 atom stereocenters. The van der Waals surface area contributed by atoms with Crippen LogP contribution in [0.1, 0.15) is 11.5 Å². The highest BCUT2D eigenvalue weighted by Gasteiger charge is 2.03. The first-order valence-corrected chi connectivity index (χ1v) is 4.91. The molecular formula is C9H9NO2S. The Morgan fingerprint density at radius 2 is 2.38 bits per heavy atom. The fourth-order valence-corrected chi connectivity index (χ4v) is 1.84. The lowest BCUT2D eigenvalue weighted by atomic mass is 10.5. The predicted molar refractivity (Wildman–Crippen MR) is 49.5 cm³/mol. The second-order valence-electron chi connectivity index (χ2n) is 2.61. The van der Waals surface area contributed by atoms with Crippen molar-refractivity contribution in [1.82, 2.24) is 5.16 Å². The molecule has 2 heterocycles. The molecule has 0 radical (unpaired) electrons. The van der Waals surface area contributed by atoms with Gasteiger partial charge in [-0.15, -0.1) is 11.8 Å². The maximum atomic E-state index is 5.17. The number of furan rings is 1. The number of aryl methyl sites for hydroxylation is 1. The van der Waals surface area contributed by atoms with Gasteiger partial charge in [0.15, 0.2) is 0 Å². The van der Waals surface area contributed by atoms with Crippen molar-refractivity contribution in [2.75, 3.05) is 0 Å². The Bertz CT molecular complexity index is 367. The molecule has 13 heavy (non-hydrogen) atoms. The zero-order valence-electron chi connectivity index (χ0n) is 7.19. The summed E-state index contributed by atoms with van der Waals surface area (Å²) in [5.74, 6) is 2.62. The van der Waals surface area contributed by atoms with Gasteiger partial charge < -0.3 is 8.94 Å². The molecular weight excluding hydrogens is 186 g/mol. The third kappa shape index (κ3) is 1.95. The van der Waals surface area contributed by atoms with Crippen LogP contribution in [-0.4, -0.2) is 5.16 Å². The molecule has 0 amide bonds. The SMILES string of the molecule is Cc1occc1SCc1ccno1. The first kappa shape index (κ1) is 8.44. The molecule has 0 N–H and O–H groups in total. The van der Waals surface area contributed by atoms with E-state index < -0.39 is 0 Å². The van der Waals surface area contributed by atoms with Crippen LogP contribution >= 0.6 is 11.8 Å². The maximum Gasteiger partial charge on any atom is 0.146 e. The van der Waals surface area contributed by atoms with E-state index in [1.54, 1.807) is 24.2 Å². The summed E-state index contributed by atoms with van der Waals surface area (Å²) in [4.78, 5) is 1.15. The van der Waals surface area contributed by atoms with Crippen LogP contribution in [0.5, 0.6) is 0 Å². The van der Waals surface area contributed by atoms with E-state index >= 15 is 0 Å². The fourth-order valence-electron chi connectivity index (χ4n) is 0.989. The van der Waals surface area contributed by atoms with E-state index in [1.165, 1.54) is 0 Å². The van der Waals surface area contributed by atoms with Crippen molar-refractivity contribution >= 4 is 11.8 Å². The third-order valence-corrected chi connectivity index (χ3v) is 2.84. The van der Waals surface area contributed by atoms with E-state index in [0.29, 0.717) is 0 Å². The van der Waals surface area contributed by atoms with Crippen molar-refractivity contribution in [2.24, 2.45) is 0 Å². The fraction of sp³-hybridized carbons (Fsp3) is 0.222. The average Bonchev–Trinajstić information content (AvgIpc) is 2.72. The first-order valence-electron chi connectivity index (χ1n) is 3.93. The van der Waals surface area contributed by atoms with Gasteiger partial charge in [0.2, 0.25) is 0 Å². The van der Waals surface area contributed by atoms with Crippen LogP contribution in [0, 0.1) is 6.92 Å². The molecule has 4 heteroatoms. The minimum atomic E-state index is 0.792. The molecule has 2 rings (SSSR count). The van der Waals surface area contributed by atoms with Crippen LogP contribution in [0.3, 0.4) is 0 Å². The van der Waals surface area contributed by atoms with Gasteiger partial charge in [-0.25, -0.2) is 0 Å². The number of aromatic nitrogens is 1. The smallest absolute Gasteiger partial charge is 0.146 e. The van der Waals surface area contributed by atoms with E-state index in [2.05, 4.69) is 5.16 Å². The highest BCUT2D eigenvalue weighted by atomic mass is 32.2. The van der Waals surface area contributed by atoms with Crippen molar-refractivity contribution in [3.63, 3.8) is 0 Å². The molecule has 0 unspecified atom stereocenters. The maximum absolute atomic E-state index is 5.17. The molecule has 0 fully saturated rings. The van der Waals surface area contributed by atoms with E-state index in [9.17, 15) is 0 Å². The van der Waals surface area contributed by atoms with Gasteiger partial charge in [0, 0.05) is 11.0 Å². The number of hydrogen-bond acceptors (Lipinski definition) is 4. The van der Waals surface area contributed by atoms with Crippen LogP contribution in [0.15, 0.2) is 38.4 Å². The van der Waals surface area contributed by atoms with E-state index in [0.717, 1.165) is 22.2 Å². The summed E-state index contributed by atoms with van der Waals surface area (Å²) in [5, 5.41) is 3.63. The van der Waals surface area contributed by atoms with Gasteiger partial charge in [0.25, 0.3) is 0 Å². The molecule has 0 saturated carbocycles. The Labute approximate surface area is 80.1 Å². The van der Waals surface area contributed by atoms with E-state index in [-0.39, 0.29) is 0 Å². The average molecular weight is 195 g/mol. The quantitative estimate of drug-likeness (QED) is 0.706. The van der Waals surface area contributed by atoms with E-state index in [4.69, 9.17) is 8.94 Å². The summed E-state index contributed by atoms with van der Waals surface area (Å²) in [6, 6.07) is 3.82. The monoisotopic (exact) mass is 195 g/mol. The molecule has 0 spiro atoms. The number of thioether (sulfide) groups is 1. The Kier molecular flexibility index (Phi) is 2.40. The minimum Gasteiger partial charge on any atom is -0.468 e. The number of hydrogen-bond donors (Lipinski definition) is 0. The van der Waals surface area contributed by atoms with Crippen LogP contribution in [0.25, 0.3) is 0 Å². The lowest BCUT2D eigenvalue weighted by Gasteiger charge is -1.94. The third-order valence-electron chi connectivity index (χ3n) is 1.67. The number of rotatable bonds is 3. The van der Waals surface area contributed by atoms with Crippen LogP contribution in [-0.2, 0) is 5.75 Å². The first-order chi connectivity index (χ1) is 6.36. The zero-order valence-corrected chi connectivity index (χ0v) is 8.00. The van der Waals surface area contributed by atoms with Crippen LogP contribution in [0.4, 0.5) is 0 Å². The molecule has 0 aliphatic carbocycles. The van der Waals surface area contributed by atoms with Gasteiger partial charge in [-0.05, 0) is 13.0 Å². The molecule has 0 aliphatic heterocycles. The van der Waals surface area contributed by atoms with Crippen molar-refractivity contribution in [1.29, 1.82) is 0 Å². The van der Waals surface area contributed by atoms with Crippen LogP contribution < -0.4 is 0 Å². The largest absolute Gasteiger partial charge is 0.468 e. The summed E-state index contributed by atoms with van der Waals surface area (Å²) in [6.45, 7) is 1.95. The summed E-state index contributed by atoms with van der Waals surface area (Å²) in [5.41, 5.74) is 0. The van der Waals surface area contributed by atoms with Crippen LogP contribution in [0.2, 0.25) is 0 Å². The molecule has 3 nitrogen and oxygen atoms in total. The Hall–Kier alpha value is -1.16. The highest BCUT2D eigenvalue weighted by Crippen LogP contribution is 2.26. The molecule has 68 valence electrons. The standard InChI is InChI=1S/C9H9NO2S/c1-7-9(3-5-11-7)13-6-8-2-4-10-12-8/h2-5H,6H2,1H3. The minimum absolute atomic E-state index is 0.792. The van der Waals surface area contributed by atoms with Crippen molar-refractivity contribution in [3.8, 4) is 0 Å². The topological polar surface area (TPSA) is 39.2 Å². The molecule has 0 aromatic carbocycles. The van der Waals surface area contributed by atoms with Crippen molar-refractivity contribution in [3.05, 3.63) is 36.1 Å². The predicted octanol–water partition coefficient (Wildman–Crippen LogP) is 2.87. The lowest BCUT2D eigenvalue weighted by molar-refractivity contribution is 0.395. The van der Waals surface area contributed by atoms with Gasteiger partial charge in [0.05, 0.1) is 18.2 Å². The lowest BCUT2D eigenvalue weighted by Crippen LogP contribution is -1.75. The molecule has 2 aromatic rings. The van der Waals surface area contributed by atoms with Crippen molar-refractivity contribution < 1.29 is 8.94 Å². The zero-order chi connectivity index (χ0) is 9.10. The van der Waals surface area contributed by atoms with E-state index in [1.807, 2.05) is 19.1 Å². The normalized spacial score (nSPS) is 10.5. The highest BCUT2D eigenvalue weighted by molar-refractivity contribution is 7.98. The summed E-state index contributed by atoms with van der Waals surface area (Å²) < 4.78 is 10.1. The van der Waals surface area contributed by atoms with Gasteiger partial charge >= 0.3 is 0 Å². The Balaban J connectivity index is 1.97. The molecule has 0 saturated heterocycles. The van der Waals surface area contributed by atoms with Gasteiger partial charge in [0.1, 0.15) is 11.5 Å². The second-order valence-corrected chi connectivity index (χ2v) is 3.63. The van der Waals surface area contributed by atoms with Gasteiger partial charge in [-0.1, -0.05) is 5.16 Å². The van der Waals surface area contributed by atoms with Gasteiger partial charge in [-0.2, -0.15) is 0 Å². The van der Waals surface area contributed by atoms with Crippen molar-refractivity contribution in [2.45, 2.75) is 17.6 Å². The van der Waals surface area contributed by atoms with Gasteiger partial charge in [-0.3, -0.25) is 0 Å². The molecule has 0 aliphatic rings. The summed E-state index contributed by atoms with van der Waals surface area (Å²) in [7, 11) is 0. The second kappa shape index (κ2) is 3.70. The number of nitrogens with zero attached hydrogens (tertiary/aromatic N) is 1. The summed E-state index contributed by atoms with van der Waals surface area (Å²) >= 11 is 1.68. The molecule has 0 bridgehead atoms. The molecule has 2 aromatic heterocycles. The Morgan fingerprint density at radius 1 is 1.46 bits per heavy atom. The summed E-state index contributed by atoms with van der Waals surface area (Å²) in [6.07, 6.45) is 3.34. The Morgan fingerprint density at radius 3 is 3.00 bits per heavy atom.